The summed E-state index contributed by atoms with van der Waals surface area (Å²) in [6.45, 7) is 4.19. The number of nitrogens with zero attached hydrogens (tertiary/aromatic N) is 2. The predicted octanol–water partition coefficient (Wildman–Crippen LogP) is 2.09. The lowest BCUT2D eigenvalue weighted by Crippen LogP contribution is -2.56. The van der Waals surface area contributed by atoms with Crippen LogP contribution in [0.1, 0.15) is 25.7 Å². The maximum atomic E-state index is 14.0. The average molecular weight is 463 g/mol. The first kappa shape index (κ1) is 22.8. The minimum atomic E-state index is -1.16. The number of ether oxygens (including phenoxy) is 1. The van der Waals surface area contributed by atoms with Crippen molar-refractivity contribution in [3.63, 3.8) is 0 Å². The van der Waals surface area contributed by atoms with Crippen LogP contribution in [0.2, 0.25) is 5.02 Å². The lowest BCUT2D eigenvalue weighted by Gasteiger charge is -2.36. The zero-order valence-electron chi connectivity index (χ0n) is 17.7. The molecule has 3 saturated heterocycles. The van der Waals surface area contributed by atoms with Gasteiger partial charge in [0, 0.05) is 30.4 Å². The molecule has 3 aliphatic rings. The fourth-order valence-electron chi connectivity index (χ4n) is 5.57. The van der Waals surface area contributed by atoms with Crippen molar-refractivity contribution in [3.05, 3.63) is 41.9 Å². The molecule has 0 aliphatic carbocycles. The van der Waals surface area contributed by atoms with Gasteiger partial charge in [0.05, 0.1) is 17.9 Å². The Morgan fingerprint density at radius 3 is 2.66 bits per heavy atom. The van der Waals surface area contributed by atoms with Crippen molar-refractivity contribution in [3.8, 4) is 0 Å². The van der Waals surface area contributed by atoms with Crippen molar-refractivity contribution < 1.29 is 29.3 Å². The number of anilines is 1. The van der Waals surface area contributed by atoms with Gasteiger partial charge in [0.2, 0.25) is 5.91 Å². The molecule has 1 aromatic carbocycles. The molecule has 9 heteroatoms. The number of carboxylic acids is 1. The largest absolute Gasteiger partial charge is 0.481 e. The number of halogens is 1. The molecular formula is C23H27ClN2O6. The summed E-state index contributed by atoms with van der Waals surface area (Å²) in [4.78, 5) is 42.5. The van der Waals surface area contributed by atoms with Crippen molar-refractivity contribution in [1.29, 1.82) is 0 Å². The first-order chi connectivity index (χ1) is 15.4. The quantitative estimate of drug-likeness (QED) is 0.430. The first-order valence-electron chi connectivity index (χ1n) is 10.9. The number of carboxylic acid groups (broad SMARTS) is 1. The van der Waals surface area contributed by atoms with Crippen molar-refractivity contribution in [1.82, 2.24) is 4.90 Å². The molecule has 0 unspecified atom stereocenters. The second-order valence-corrected chi connectivity index (χ2v) is 9.01. The van der Waals surface area contributed by atoms with Crippen molar-refractivity contribution in [2.45, 2.75) is 43.4 Å². The second-order valence-electron chi connectivity index (χ2n) is 8.57. The molecule has 2 bridgehead atoms. The number of rotatable bonds is 9. The number of unbranched alkanes of at least 4 members (excludes halogenated alkanes) is 1. The molecule has 0 radical (unpaired) electrons. The number of hydrogen-bond donors (Lipinski definition) is 2. The molecule has 4 rings (SSSR count). The Balaban J connectivity index is 1.74. The molecule has 3 heterocycles. The third-order valence-electron chi connectivity index (χ3n) is 6.84. The second kappa shape index (κ2) is 8.84. The van der Waals surface area contributed by atoms with Gasteiger partial charge in [-0.2, -0.15) is 0 Å². The number of aliphatic hydroxyl groups is 1. The molecule has 3 aliphatic heterocycles. The fraction of sp³-hybridized carbons (Fsp3) is 0.522. The summed E-state index contributed by atoms with van der Waals surface area (Å²) in [6, 6.07) is 5.86. The molecule has 5 atom stereocenters. The predicted molar refractivity (Wildman–Crippen MR) is 117 cm³/mol. The molecule has 1 spiro atoms. The SMILES string of the molecule is C=CCN(C(=O)[C@@H]1N(CCCCO)C(=O)[C@H]2[C@H](C(=O)O)[C@@H]3CC[C@]12O3)c1ccc(Cl)cc1. The van der Waals surface area contributed by atoms with E-state index in [1.165, 1.54) is 9.80 Å². The lowest BCUT2D eigenvalue weighted by atomic mass is 9.70. The summed E-state index contributed by atoms with van der Waals surface area (Å²) < 4.78 is 6.19. The van der Waals surface area contributed by atoms with Crippen LogP contribution in [0.4, 0.5) is 5.69 Å². The topological polar surface area (TPSA) is 107 Å². The molecule has 32 heavy (non-hydrogen) atoms. The number of carbonyl (C=O) groups is 3. The van der Waals surface area contributed by atoms with Crippen LogP contribution in [0.25, 0.3) is 0 Å². The van der Waals surface area contributed by atoms with E-state index in [1.807, 2.05) is 0 Å². The summed E-state index contributed by atoms with van der Waals surface area (Å²) in [5.74, 6) is -3.61. The third kappa shape index (κ3) is 3.50. The van der Waals surface area contributed by atoms with Crippen LogP contribution in [-0.2, 0) is 19.1 Å². The summed E-state index contributed by atoms with van der Waals surface area (Å²) in [6.07, 6.45) is 2.95. The number of aliphatic hydroxyl groups excluding tert-OH is 1. The van der Waals surface area contributed by atoms with Crippen molar-refractivity contribution in [2.75, 3.05) is 24.6 Å². The Morgan fingerprint density at radius 2 is 2.03 bits per heavy atom. The summed E-state index contributed by atoms with van der Waals surface area (Å²) >= 11 is 6.01. The van der Waals surface area contributed by atoms with E-state index < -0.39 is 35.6 Å². The summed E-state index contributed by atoms with van der Waals surface area (Å²) in [5.41, 5.74) is -0.559. The molecular weight excluding hydrogens is 436 g/mol. The molecule has 2 N–H and O–H groups in total. The van der Waals surface area contributed by atoms with Crippen LogP contribution in [-0.4, -0.2) is 70.3 Å². The minimum Gasteiger partial charge on any atom is -0.481 e. The molecule has 8 nitrogen and oxygen atoms in total. The molecule has 2 amide bonds. The minimum absolute atomic E-state index is 0.0289. The van der Waals surface area contributed by atoms with Crippen molar-refractivity contribution >= 4 is 35.1 Å². The lowest BCUT2D eigenvalue weighted by molar-refractivity contribution is -0.149. The van der Waals surface area contributed by atoms with Crippen LogP contribution in [0.15, 0.2) is 36.9 Å². The van der Waals surface area contributed by atoms with E-state index in [0.717, 1.165) is 0 Å². The zero-order valence-corrected chi connectivity index (χ0v) is 18.4. The molecule has 172 valence electrons. The highest BCUT2D eigenvalue weighted by molar-refractivity contribution is 6.30. The van der Waals surface area contributed by atoms with Gasteiger partial charge in [0.1, 0.15) is 11.6 Å². The van der Waals surface area contributed by atoms with Crippen LogP contribution < -0.4 is 4.90 Å². The van der Waals surface area contributed by atoms with Gasteiger partial charge >= 0.3 is 5.97 Å². The van der Waals surface area contributed by atoms with Crippen LogP contribution in [0.5, 0.6) is 0 Å². The monoisotopic (exact) mass is 462 g/mol. The number of fused-ring (bicyclic) bond motifs is 1. The molecule has 1 aromatic rings. The highest BCUT2D eigenvalue weighted by atomic mass is 35.5. The Kier molecular flexibility index (Phi) is 6.29. The van der Waals surface area contributed by atoms with E-state index in [0.29, 0.717) is 36.4 Å². The Bertz CT molecular complexity index is 922. The number of hydrogen-bond acceptors (Lipinski definition) is 5. The van der Waals surface area contributed by atoms with Crippen LogP contribution in [0, 0.1) is 11.8 Å². The Hall–Kier alpha value is -2.42. The van der Waals surface area contributed by atoms with E-state index in [1.54, 1.807) is 30.3 Å². The van der Waals surface area contributed by atoms with E-state index in [2.05, 4.69) is 6.58 Å². The van der Waals surface area contributed by atoms with Gasteiger partial charge in [-0.1, -0.05) is 17.7 Å². The van der Waals surface area contributed by atoms with Gasteiger partial charge in [0.25, 0.3) is 5.91 Å². The summed E-state index contributed by atoms with van der Waals surface area (Å²) in [7, 11) is 0. The number of carbonyl (C=O) groups excluding carboxylic acids is 2. The highest BCUT2D eigenvalue weighted by Gasteiger charge is 2.74. The van der Waals surface area contributed by atoms with Gasteiger partial charge < -0.3 is 24.7 Å². The van der Waals surface area contributed by atoms with Gasteiger partial charge in [-0.15, -0.1) is 6.58 Å². The molecule has 0 aromatic heterocycles. The van der Waals surface area contributed by atoms with Crippen LogP contribution in [0.3, 0.4) is 0 Å². The third-order valence-corrected chi connectivity index (χ3v) is 7.09. The maximum absolute atomic E-state index is 14.0. The fourth-order valence-corrected chi connectivity index (χ4v) is 5.69. The number of likely N-dealkylation sites (tertiary alicyclic amines) is 1. The van der Waals surface area contributed by atoms with E-state index in [-0.39, 0.29) is 31.5 Å². The highest BCUT2D eigenvalue weighted by Crippen LogP contribution is 2.58. The first-order valence-corrected chi connectivity index (χ1v) is 11.2. The van der Waals surface area contributed by atoms with E-state index >= 15 is 0 Å². The normalized spacial score (nSPS) is 30.4. The maximum Gasteiger partial charge on any atom is 0.310 e. The van der Waals surface area contributed by atoms with E-state index in [4.69, 9.17) is 16.3 Å². The Morgan fingerprint density at radius 1 is 1.31 bits per heavy atom. The average Bonchev–Trinajstić information content (AvgIpc) is 3.40. The molecule has 3 fully saturated rings. The summed E-state index contributed by atoms with van der Waals surface area (Å²) in [5, 5.41) is 19.5. The van der Waals surface area contributed by atoms with Gasteiger partial charge in [-0.05, 0) is 49.9 Å². The standard InChI is InChI=1S/C23H27ClN2O6/c1-2-11-25(15-7-5-14(24)6-8-15)21(29)19-23-10-9-16(32-23)17(22(30)31)18(23)20(28)26(19)12-3-4-13-27/h2,5-8,16-19,27H,1,3-4,9-13H2,(H,30,31)/t16-,17+,18+,19-,23+/m0/s1. The zero-order chi connectivity index (χ0) is 23.0. The van der Waals surface area contributed by atoms with Crippen LogP contribution >= 0.6 is 11.6 Å². The molecule has 0 saturated carbocycles. The number of amides is 2. The van der Waals surface area contributed by atoms with Crippen molar-refractivity contribution in [2.24, 2.45) is 11.8 Å². The van der Waals surface area contributed by atoms with Gasteiger partial charge in [0.15, 0.2) is 0 Å². The van der Waals surface area contributed by atoms with Gasteiger partial charge in [-0.3, -0.25) is 14.4 Å². The van der Waals surface area contributed by atoms with Gasteiger partial charge in [-0.25, -0.2) is 0 Å². The smallest absolute Gasteiger partial charge is 0.310 e. The Labute approximate surface area is 191 Å². The number of aliphatic carboxylic acids is 1. The number of benzene rings is 1. The van der Waals surface area contributed by atoms with E-state index in [9.17, 15) is 24.6 Å².